The number of likely N-dealkylation sites (N-methyl/N-ethyl adjacent to an activating group) is 1. The molecule has 0 unspecified atom stereocenters. The van der Waals surface area contributed by atoms with Gasteiger partial charge in [0.25, 0.3) is 0 Å². The van der Waals surface area contributed by atoms with Gasteiger partial charge in [0.15, 0.2) is 0 Å². The van der Waals surface area contributed by atoms with Crippen LogP contribution in [0.2, 0.25) is 0 Å². The second-order valence-corrected chi connectivity index (χ2v) is 5.40. The second-order valence-electron chi connectivity index (χ2n) is 5.40. The number of hydrogen-bond acceptors (Lipinski definition) is 4. The van der Waals surface area contributed by atoms with Crippen molar-refractivity contribution in [1.82, 2.24) is 4.90 Å². The van der Waals surface area contributed by atoms with Gasteiger partial charge in [-0.25, -0.2) is 9.59 Å². The molecule has 0 aliphatic heterocycles. The smallest absolute Gasteiger partial charge is 0.410 e. The van der Waals surface area contributed by atoms with Crippen molar-refractivity contribution in [2.45, 2.75) is 53.2 Å². The number of rotatable bonds is 4. The van der Waals surface area contributed by atoms with Crippen molar-refractivity contribution in [3.05, 3.63) is 11.6 Å². The molecule has 0 aromatic heterocycles. The van der Waals surface area contributed by atoms with Gasteiger partial charge < -0.3 is 14.4 Å². The minimum atomic E-state index is -0.537. The molecule has 5 nitrogen and oxygen atoms in total. The summed E-state index contributed by atoms with van der Waals surface area (Å²) in [5.41, 5.74) is -0.0601. The molecule has 5 heteroatoms. The summed E-state index contributed by atoms with van der Waals surface area (Å²) in [6.07, 6.45) is 1.26. The summed E-state index contributed by atoms with van der Waals surface area (Å²) in [6, 6.07) is -0.251. The third-order valence-electron chi connectivity index (χ3n) is 2.38. The lowest BCUT2D eigenvalue weighted by Gasteiger charge is -2.27. The first-order valence-electron chi connectivity index (χ1n) is 6.39. The van der Waals surface area contributed by atoms with Crippen LogP contribution in [0.4, 0.5) is 4.79 Å². The Morgan fingerprint density at radius 2 is 1.84 bits per heavy atom. The Labute approximate surface area is 115 Å². The van der Waals surface area contributed by atoms with Crippen LogP contribution >= 0.6 is 0 Å². The first-order chi connectivity index (χ1) is 8.58. The highest BCUT2D eigenvalue weighted by atomic mass is 16.6. The molecule has 1 atom stereocenters. The normalized spacial score (nSPS) is 13.7. The molecular weight excluding hydrogens is 246 g/mol. The van der Waals surface area contributed by atoms with E-state index in [1.807, 2.05) is 27.7 Å². The lowest BCUT2D eigenvalue weighted by atomic mass is 10.2. The summed E-state index contributed by atoms with van der Waals surface area (Å²) < 4.78 is 10.1. The number of carbonyl (C=O) groups is 2. The third kappa shape index (κ3) is 6.84. The molecule has 1 amide bonds. The van der Waals surface area contributed by atoms with E-state index in [9.17, 15) is 9.59 Å². The highest BCUT2D eigenvalue weighted by molar-refractivity contribution is 5.87. The van der Waals surface area contributed by atoms with Crippen molar-refractivity contribution < 1.29 is 19.1 Å². The van der Waals surface area contributed by atoms with Gasteiger partial charge in [0.05, 0.1) is 12.6 Å². The summed E-state index contributed by atoms with van der Waals surface area (Å²) in [4.78, 5) is 24.7. The molecule has 0 rings (SSSR count). The van der Waals surface area contributed by atoms with Crippen LogP contribution in [-0.2, 0) is 14.3 Å². The van der Waals surface area contributed by atoms with Crippen molar-refractivity contribution in [2.24, 2.45) is 0 Å². The predicted octanol–water partition coefficient (Wildman–Crippen LogP) is 2.75. The van der Waals surface area contributed by atoms with E-state index in [0.29, 0.717) is 12.2 Å². The Hall–Kier alpha value is -1.52. The minimum Gasteiger partial charge on any atom is -0.463 e. The van der Waals surface area contributed by atoms with Crippen LogP contribution in [0.25, 0.3) is 0 Å². The third-order valence-corrected chi connectivity index (χ3v) is 2.38. The molecule has 0 spiro atoms. The van der Waals surface area contributed by atoms with E-state index in [4.69, 9.17) is 9.47 Å². The summed E-state index contributed by atoms with van der Waals surface area (Å²) >= 11 is 0. The largest absolute Gasteiger partial charge is 0.463 e. The zero-order chi connectivity index (χ0) is 15.2. The maximum absolute atomic E-state index is 11.8. The molecule has 0 radical (unpaired) electrons. The molecule has 0 heterocycles. The van der Waals surface area contributed by atoms with Crippen LogP contribution in [0.3, 0.4) is 0 Å². The van der Waals surface area contributed by atoms with Gasteiger partial charge in [0.2, 0.25) is 0 Å². The quantitative estimate of drug-likeness (QED) is 0.583. The van der Waals surface area contributed by atoms with Gasteiger partial charge in [0, 0.05) is 12.6 Å². The number of carbonyl (C=O) groups excluding carboxylic acids is 2. The first kappa shape index (κ1) is 17.5. The number of ether oxygens (including phenoxy) is 2. The average Bonchev–Trinajstić information content (AvgIpc) is 2.25. The molecule has 0 aromatic carbocycles. The van der Waals surface area contributed by atoms with Crippen molar-refractivity contribution in [1.29, 1.82) is 0 Å². The summed E-state index contributed by atoms with van der Waals surface area (Å²) in [6.45, 7) is 11.0. The van der Waals surface area contributed by atoms with Crippen LogP contribution in [0.1, 0.15) is 41.5 Å². The lowest BCUT2D eigenvalue weighted by Crippen LogP contribution is -2.38. The topological polar surface area (TPSA) is 55.8 Å². The fourth-order valence-corrected chi connectivity index (χ4v) is 1.29. The highest BCUT2D eigenvalue weighted by Crippen LogP contribution is 2.12. The highest BCUT2D eigenvalue weighted by Gasteiger charge is 2.22. The first-order valence-corrected chi connectivity index (χ1v) is 6.39. The Bertz CT molecular complexity index is 355. The van der Waals surface area contributed by atoms with E-state index < -0.39 is 11.7 Å². The van der Waals surface area contributed by atoms with Crippen molar-refractivity contribution in [3.8, 4) is 0 Å². The number of nitrogens with zero attached hydrogens (tertiary/aromatic N) is 1. The molecule has 0 bridgehead atoms. The Morgan fingerprint density at radius 1 is 1.32 bits per heavy atom. The van der Waals surface area contributed by atoms with Gasteiger partial charge >= 0.3 is 12.1 Å². The van der Waals surface area contributed by atoms with E-state index >= 15 is 0 Å². The van der Waals surface area contributed by atoms with Gasteiger partial charge in [-0.2, -0.15) is 0 Å². The summed E-state index contributed by atoms with van der Waals surface area (Å²) in [5.74, 6) is -0.369. The Morgan fingerprint density at radius 3 is 2.26 bits per heavy atom. The maximum Gasteiger partial charge on any atom is 0.410 e. The van der Waals surface area contributed by atoms with Gasteiger partial charge in [-0.1, -0.05) is 6.08 Å². The van der Waals surface area contributed by atoms with Crippen molar-refractivity contribution >= 4 is 12.1 Å². The standard InChI is InChI=1S/C14H25NO4/c1-8-18-12(16)10(2)9-11(3)15(7)13(17)19-14(4,5)6/h9,11H,8H2,1-7H3/b10-9+/t11-/m0/s1. The molecule has 0 aromatic rings. The Balaban J connectivity index is 4.65. The molecule has 110 valence electrons. The van der Waals surface area contributed by atoms with Crippen molar-refractivity contribution in [3.63, 3.8) is 0 Å². The number of hydrogen-bond donors (Lipinski definition) is 0. The average molecular weight is 271 g/mol. The van der Waals surface area contributed by atoms with E-state index in [2.05, 4.69) is 0 Å². The van der Waals surface area contributed by atoms with E-state index in [-0.39, 0.29) is 12.0 Å². The van der Waals surface area contributed by atoms with Gasteiger partial charge in [-0.3, -0.25) is 0 Å². The molecular formula is C14H25NO4. The van der Waals surface area contributed by atoms with E-state index in [1.165, 1.54) is 4.90 Å². The molecule has 19 heavy (non-hydrogen) atoms. The predicted molar refractivity (Wildman–Crippen MR) is 73.8 cm³/mol. The molecule has 0 saturated heterocycles. The lowest BCUT2D eigenvalue weighted by molar-refractivity contribution is -0.138. The van der Waals surface area contributed by atoms with Gasteiger partial charge in [-0.15, -0.1) is 0 Å². The zero-order valence-corrected chi connectivity index (χ0v) is 12.9. The summed E-state index contributed by atoms with van der Waals surface area (Å²) in [7, 11) is 1.63. The summed E-state index contributed by atoms with van der Waals surface area (Å²) in [5, 5.41) is 0. The van der Waals surface area contributed by atoms with E-state index in [1.54, 1.807) is 27.0 Å². The van der Waals surface area contributed by atoms with Crippen LogP contribution in [0.15, 0.2) is 11.6 Å². The molecule has 0 aliphatic carbocycles. The SMILES string of the molecule is CCOC(=O)/C(C)=C/[C@H](C)N(C)C(=O)OC(C)(C)C. The number of esters is 1. The fourth-order valence-electron chi connectivity index (χ4n) is 1.29. The van der Waals surface area contributed by atoms with Crippen LogP contribution < -0.4 is 0 Å². The van der Waals surface area contributed by atoms with Crippen LogP contribution in [0, 0.1) is 0 Å². The molecule has 0 N–H and O–H groups in total. The maximum atomic E-state index is 11.8. The van der Waals surface area contributed by atoms with Crippen LogP contribution in [-0.4, -0.2) is 42.3 Å². The fraction of sp³-hybridized carbons (Fsp3) is 0.714. The van der Waals surface area contributed by atoms with Gasteiger partial charge in [-0.05, 0) is 41.5 Å². The second kappa shape index (κ2) is 7.16. The molecule has 0 fully saturated rings. The Kier molecular flexibility index (Phi) is 6.59. The van der Waals surface area contributed by atoms with Gasteiger partial charge in [0.1, 0.15) is 5.60 Å². The number of amides is 1. The molecule has 0 aliphatic rings. The van der Waals surface area contributed by atoms with Crippen molar-refractivity contribution in [2.75, 3.05) is 13.7 Å². The monoisotopic (exact) mass is 271 g/mol. The zero-order valence-electron chi connectivity index (χ0n) is 12.9. The molecule has 0 saturated carbocycles. The van der Waals surface area contributed by atoms with Crippen LogP contribution in [0.5, 0.6) is 0 Å². The minimum absolute atomic E-state index is 0.251. The van der Waals surface area contributed by atoms with E-state index in [0.717, 1.165) is 0 Å².